The van der Waals surface area contributed by atoms with E-state index in [-0.39, 0.29) is 17.3 Å². The number of aromatic nitrogens is 1. The summed E-state index contributed by atoms with van der Waals surface area (Å²) in [7, 11) is -2.30. The smallest absolute Gasteiger partial charge is 0.243 e. The Bertz CT molecular complexity index is 1020. The molecule has 1 aromatic carbocycles. The van der Waals surface area contributed by atoms with Gasteiger partial charge in [0.1, 0.15) is 5.82 Å². The van der Waals surface area contributed by atoms with Gasteiger partial charge in [0.25, 0.3) is 0 Å². The lowest BCUT2D eigenvalue weighted by Crippen LogP contribution is -2.38. The summed E-state index contributed by atoms with van der Waals surface area (Å²) < 4.78 is 26.7. The third kappa shape index (κ3) is 6.04. The second-order valence-electron chi connectivity index (χ2n) is 8.21. The van der Waals surface area contributed by atoms with Crippen LogP contribution in [-0.2, 0) is 21.4 Å². The Morgan fingerprint density at radius 2 is 1.77 bits per heavy atom. The predicted octanol–water partition coefficient (Wildman–Crippen LogP) is 3.02. The van der Waals surface area contributed by atoms with Crippen LogP contribution in [0.25, 0.3) is 0 Å². The van der Waals surface area contributed by atoms with Crippen molar-refractivity contribution in [3.63, 3.8) is 0 Å². The first-order valence-electron chi connectivity index (χ1n) is 10.8. The van der Waals surface area contributed by atoms with Crippen LogP contribution in [-0.4, -0.2) is 50.3 Å². The Morgan fingerprint density at radius 3 is 2.45 bits per heavy atom. The summed E-state index contributed by atoms with van der Waals surface area (Å²) in [4.78, 5) is 19.4. The summed E-state index contributed by atoms with van der Waals surface area (Å²) in [5, 5.41) is 2.83. The van der Waals surface area contributed by atoms with Gasteiger partial charge in [-0.3, -0.25) is 4.79 Å². The van der Waals surface area contributed by atoms with Crippen LogP contribution in [0.2, 0.25) is 0 Å². The average molecular weight is 445 g/mol. The van der Waals surface area contributed by atoms with Gasteiger partial charge in [0, 0.05) is 32.9 Å². The van der Waals surface area contributed by atoms with Crippen LogP contribution in [0.4, 0.5) is 5.82 Å². The topological polar surface area (TPSA) is 82.6 Å². The number of likely N-dealkylation sites (N-methyl/N-ethyl adjacent to an activating group) is 1. The van der Waals surface area contributed by atoms with Crippen LogP contribution in [0.15, 0.2) is 41.4 Å². The van der Waals surface area contributed by atoms with E-state index < -0.39 is 10.0 Å². The van der Waals surface area contributed by atoms with Gasteiger partial charge in [-0.1, -0.05) is 18.9 Å². The highest BCUT2D eigenvalue weighted by Gasteiger charge is 2.23. The van der Waals surface area contributed by atoms with E-state index in [2.05, 4.69) is 15.2 Å². The maximum Gasteiger partial charge on any atom is 0.243 e. The molecule has 0 saturated carbocycles. The maximum atomic E-state index is 12.8. The normalized spacial score (nSPS) is 15.0. The molecule has 168 valence electrons. The highest BCUT2D eigenvalue weighted by molar-refractivity contribution is 7.89. The first kappa shape index (κ1) is 23.2. The number of nitrogens with one attached hydrogen (secondary N) is 1. The predicted molar refractivity (Wildman–Crippen MR) is 122 cm³/mol. The van der Waals surface area contributed by atoms with E-state index in [1.807, 2.05) is 26.0 Å². The molecule has 0 atom stereocenters. The van der Waals surface area contributed by atoms with Crippen LogP contribution in [0, 0.1) is 13.8 Å². The van der Waals surface area contributed by atoms with Crippen molar-refractivity contribution in [2.75, 3.05) is 31.6 Å². The van der Waals surface area contributed by atoms with Gasteiger partial charge in [0.2, 0.25) is 15.9 Å². The van der Waals surface area contributed by atoms with Crippen molar-refractivity contribution in [1.82, 2.24) is 14.6 Å². The minimum absolute atomic E-state index is 0.196. The van der Waals surface area contributed by atoms with Gasteiger partial charge in [-0.15, -0.1) is 0 Å². The fourth-order valence-corrected chi connectivity index (χ4v) is 4.85. The Hall–Kier alpha value is -2.45. The summed E-state index contributed by atoms with van der Waals surface area (Å²) in [6, 6.07) is 8.87. The van der Waals surface area contributed by atoms with E-state index in [9.17, 15) is 13.2 Å². The molecule has 2 heterocycles. The molecule has 2 aromatic rings. The van der Waals surface area contributed by atoms with E-state index in [4.69, 9.17) is 0 Å². The van der Waals surface area contributed by atoms with E-state index in [1.165, 1.54) is 32.7 Å². The summed E-state index contributed by atoms with van der Waals surface area (Å²) >= 11 is 0. The number of sulfonamides is 1. The lowest BCUT2D eigenvalue weighted by atomic mass is 10.1. The van der Waals surface area contributed by atoms with Crippen LogP contribution < -0.4 is 10.2 Å². The minimum atomic E-state index is -3.73. The molecule has 0 aliphatic carbocycles. The van der Waals surface area contributed by atoms with Gasteiger partial charge < -0.3 is 10.2 Å². The number of hydrogen-bond donors (Lipinski definition) is 1. The Kier molecular flexibility index (Phi) is 7.67. The second kappa shape index (κ2) is 10.2. The third-order valence-electron chi connectivity index (χ3n) is 5.78. The van der Waals surface area contributed by atoms with Gasteiger partial charge in [0.05, 0.1) is 11.4 Å². The van der Waals surface area contributed by atoms with Crippen molar-refractivity contribution in [2.24, 2.45) is 0 Å². The summed E-state index contributed by atoms with van der Waals surface area (Å²) in [6.07, 6.45) is 6.61. The fourth-order valence-electron chi connectivity index (χ4n) is 3.64. The van der Waals surface area contributed by atoms with E-state index in [0.29, 0.717) is 6.54 Å². The highest BCUT2D eigenvalue weighted by Crippen LogP contribution is 2.19. The average Bonchev–Trinajstić information content (AvgIpc) is 3.04. The molecule has 0 radical (unpaired) electrons. The first-order valence-corrected chi connectivity index (χ1v) is 12.2. The van der Waals surface area contributed by atoms with Crippen LogP contribution >= 0.6 is 0 Å². The van der Waals surface area contributed by atoms with Crippen molar-refractivity contribution in [3.8, 4) is 0 Å². The van der Waals surface area contributed by atoms with E-state index in [1.54, 1.807) is 24.4 Å². The maximum absolute atomic E-state index is 12.8. The minimum Gasteiger partial charge on any atom is -0.357 e. The molecular weight excluding hydrogens is 412 g/mol. The molecule has 0 unspecified atom stereocenters. The number of rotatable bonds is 7. The zero-order valence-electron chi connectivity index (χ0n) is 18.6. The summed E-state index contributed by atoms with van der Waals surface area (Å²) in [5.41, 5.74) is 2.87. The Balaban J connectivity index is 1.58. The van der Waals surface area contributed by atoms with Gasteiger partial charge in [-0.2, -0.15) is 4.31 Å². The number of anilines is 1. The molecule has 1 N–H and O–H groups in total. The molecule has 1 aliphatic heterocycles. The monoisotopic (exact) mass is 444 g/mol. The van der Waals surface area contributed by atoms with Crippen molar-refractivity contribution < 1.29 is 13.2 Å². The fraction of sp³-hybridized carbons (Fsp3) is 0.478. The lowest BCUT2D eigenvalue weighted by Gasteiger charge is -2.22. The quantitative estimate of drug-likeness (QED) is 0.710. The summed E-state index contributed by atoms with van der Waals surface area (Å²) in [6.45, 7) is 5.91. The molecule has 1 amide bonds. The Labute approximate surface area is 185 Å². The lowest BCUT2D eigenvalue weighted by molar-refractivity contribution is -0.121. The van der Waals surface area contributed by atoms with Crippen molar-refractivity contribution in [2.45, 2.75) is 51.0 Å². The van der Waals surface area contributed by atoms with Crippen molar-refractivity contribution >= 4 is 21.7 Å². The Morgan fingerprint density at radius 1 is 1.06 bits per heavy atom. The number of benzene rings is 1. The van der Waals surface area contributed by atoms with Crippen LogP contribution in [0.3, 0.4) is 0 Å². The molecule has 8 heteroatoms. The first-order chi connectivity index (χ1) is 14.8. The molecule has 1 saturated heterocycles. The number of carbonyl (C=O) groups excluding carboxylic acids is 1. The number of amides is 1. The molecule has 3 rings (SSSR count). The molecular formula is C23H32N4O3S. The number of hydrogen-bond acceptors (Lipinski definition) is 5. The molecule has 0 spiro atoms. The van der Waals surface area contributed by atoms with Crippen LogP contribution in [0.5, 0.6) is 0 Å². The van der Waals surface area contributed by atoms with Crippen molar-refractivity contribution in [1.29, 1.82) is 0 Å². The van der Waals surface area contributed by atoms with Crippen LogP contribution in [0.1, 0.15) is 42.4 Å². The van der Waals surface area contributed by atoms with Gasteiger partial charge in [-0.05, 0) is 67.6 Å². The zero-order valence-corrected chi connectivity index (χ0v) is 19.4. The standard InChI is InChI=1S/C23H32N4O3S/c1-18-8-9-21(14-19(18)2)31(29,30)26(3)17-23(28)25-16-20-10-11-24-22(15-20)27-12-6-4-5-7-13-27/h8-11,14-15H,4-7,12-13,16-17H2,1-3H3,(H,25,28). The third-order valence-corrected chi connectivity index (χ3v) is 7.58. The highest BCUT2D eigenvalue weighted by atomic mass is 32.2. The summed E-state index contributed by atoms with van der Waals surface area (Å²) in [5.74, 6) is 0.589. The van der Waals surface area contributed by atoms with Crippen molar-refractivity contribution in [3.05, 3.63) is 53.2 Å². The molecule has 1 aliphatic rings. The number of aryl methyl sites for hydroxylation is 2. The largest absolute Gasteiger partial charge is 0.357 e. The number of nitrogens with zero attached hydrogens (tertiary/aromatic N) is 3. The molecule has 0 bridgehead atoms. The van der Waals surface area contributed by atoms with E-state index >= 15 is 0 Å². The molecule has 1 fully saturated rings. The van der Waals surface area contributed by atoms with E-state index in [0.717, 1.165) is 39.9 Å². The molecule has 7 nitrogen and oxygen atoms in total. The van der Waals surface area contributed by atoms with Gasteiger partial charge >= 0.3 is 0 Å². The zero-order chi connectivity index (χ0) is 22.4. The molecule has 1 aromatic heterocycles. The molecule has 31 heavy (non-hydrogen) atoms. The number of pyridine rings is 1. The SMILES string of the molecule is Cc1ccc(S(=O)(=O)N(C)CC(=O)NCc2ccnc(N3CCCCCC3)c2)cc1C. The second-order valence-corrected chi connectivity index (χ2v) is 10.3. The number of carbonyl (C=O) groups is 1. The van der Waals surface area contributed by atoms with Gasteiger partial charge in [-0.25, -0.2) is 13.4 Å². The van der Waals surface area contributed by atoms with Gasteiger partial charge in [0.15, 0.2) is 0 Å².